The molecule has 0 aromatic carbocycles. The summed E-state index contributed by atoms with van der Waals surface area (Å²) >= 11 is 0. The summed E-state index contributed by atoms with van der Waals surface area (Å²) in [5, 5.41) is 9.02. The highest BCUT2D eigenvalue weighted by molar-refractivity contribution is 5.75. The minimum Gasteiger partial charge on any atom is -0.374 e. The molecule has 1 atom stereocenters. The third kappa shape index (κ3) is 2.35. The summed E-state index contributed by atoms with van der Waals surface area (Å²) in [6, 6.07) is 0. The summed E-state index contributed by atoms with van der Waals surface area (Å²) in [7, 11) is 0. The van der Waals surface area contributed by atoms with Crippen LogP contribution in [0.25, 0.3) is 0 Å². The summed E-state index contributed by atoms with van der Waals surface area (Å²) in [5.41, 5.74) is 0. The SMILES string of the molecule is CCC(=O)N(CC)C(C)O. The van der Waals surface area contributed by atoms with E-state index in [2.05, 4.69) is 0 Å². The molecule has 0 aliphatic heterocycles. The summed E-state index contributed by atoms with van der Waals surface area (Å²) in [6.07, 6.45) is -0.198. The molecular weight excluding hydrogens is 130 g/mol. The van der Waals surface area contributed by atoms with Crippen LogP contribution in [0.5, 0.6) is 0 Å². The molecule has 0 aromatic heterocycles. The van der Waals surface area contributed by atoms with E-state index in [-0.39, 0.29) is 5.91 Å². The number of hydrogen-bond donors (Lipinski definition) is 1. The van der Waals surface area contributed by atoms with Gasteiger partial charge in [-0.15, -0.1) is 0 Å². The molecule has 1 N–H and O–H groups in total. The van der Waals surface area contributed by atoms with Crippen molar-refractivity contribution in [1.82, 2.24) is 4.90 Å². The van der Waals surface area contributed by atoms with Gasteiger partial charge in [-0.25, -0.2) is 0 Å². The van der Waals surface area contributed by atoms with Gasteiger partial charge >= 0.3 is 0 Å². The average Bonchev–Trinajstić information content (AvgIpc) is 1.88. The van der Waals surface area contributed by atoms with E-state index in [0.717, 1.165) is 0 Å². The van der Waals surface area contributed by atoms with Gasteiger partial charge in [0.15, 0.2) is 0 Å². The van der Waals surface area contributed by atoms with E-state index in [4.69, 9.17) is 5.11 Å². The van der Waals surface area contributed by atoms with Crippen molar-refractivity contribution < 1.29 is 9.90 Å². The third-order valence-corrected chi connectivity index (χ3v) is 1.41. The molecule has 0 saturated heterocycles. The molecule has 3 heteroatoms. The lowest BCUT2D eigenvalue weighted by Crippen LogP contribution is -2.37. The van der Waals surface area contributed by atoms with Crippen LogP contribution in [0.3, 0.4) is 0 Å². The van der Waals surface area contributed by atoms with Crippen molar-refractivity contribution in [3.63, 3.8) is 0 Å². The number of aliphatic hydroxyl groups is 1. The van der Waals surface area contributed by atoms with Gasteiger partial charge in [0, 0.05) is 13.0 Å². The fourth-order valence-corrected chi connectivity index (χ4v) is 0.852. The highest BCUT2D eigenvalue weighted by Crippen LogP contribution is 1.97. The van der Waals surface area contributed by atoms with Gasteiger partial charge in [0.1, 0.15) is 6.23 Å². The maximum atomic E-state index is 11.0. The van der Waals surface area contributed by atoms with Crippen molar-refractivity contribution in [2.75, 3.05) is 6.54 Å². The summed E-state index contributed by atoms with van der Waals surface area (Å²) < 4.78 is 0. The summed E-state index contributed by atoms with van der Waals surface area (Å²) in [6.45, 7) is 5.80. The predicted octanol–water partition coefficient (Wildman–Crippen LogP) is 0.583. The second-order valence-corrected chi connectivity index (χ2v) is 2.17. The first-order valence-corrected chi connectivity index (χ1v) is 3.61. The standard InChI is InChI=1S/C7H15NO2/c1-4-7(10)8(5-2)6(3)9/h6,9H,4-5H2,1-3H3. The lowest BCUT2D eigenvalue weighted by atomic mass is 10.3. The van der Waals surface area contributed by atoms with Crippen LogP contribution in [0, 0.1) is 0 Å². The van der Waals surface area contributed by atoms with Crippen molar-refractivity contribution in [3.05, 3.63) is 0 Å². The molecular formula is C7H15NO2. The van der Waals surface area contributed by atoms with Crippen LogP contribution in [0.2, 0.25) is 0 Å². The van der Waals surface area contributed by atoms with E-state index < -0.39 is 6.23 Å². The molecule has 0 fully saturated rings. The lowest BCUT2D eigenvalue weighted by Gasteiger charge is -2.22. The molecule has 0 radical (unpaired) electrons. The zero-order valence-corrected chi connectivity index (χ0v) is 6.79. The van der Waals surface area contributed by atoms with Crippen molar-refractivity contribution in [3.8, 4) is 0 Å². The molecule has 1 unspecified atom stereocenters. The molecule has 0 saturated carbocycles. The largest absolute Gasteiger partial charge is 0.374 e. The maximum Gasteiger partial charge on any atom is 0.224 e. The molecule has 0 heterocycles. The van der Waals surface area contributed by atoms with Crippen molar-refractivity contribution >= 4 is 5.91 Å². The van der Waals surface area contributed by atoms with E-state index in [1.54, 1.807) is 13.8 Å². The van der Waals surface area contributed by atoms with E-state index >= 15 is 0 Å². The number of carbonyl (C=O) groups excluding carboxylic acids is 1. The summed E-state index contributed by atoms with van der Waals surface area (Å²) in [4.78, 5) is 12.4. The maximum absolute atomic E-state index is 11.0. The van der Waals surface area contributed by atoms with Gasteiger partial charge in [0.05, 0.1) is 0 Å². The van der Waals surface area contributed by atoms with Gasteiger partial charge in [-0.2, -0.15) is 0 Å². The van der Waals surface area contributed by atoms with E-state index in [0.29, 0.717) is 13.0 Å². The Bertz CT molecular complexity index is 112. The minimum atomic E-state index is -0.655. The van der Waals surface area contributed by atoms with Gasteiger partial charge in [0.2, 0.25) is 5.91 Å². The number of amides is 1. The van der Waals surface area contributed by atoms with Crippen LogP contribution >= 0.6 is 0 Å². The van der Waals surface area contributed by atoms with Gasteiger partial charge in [0.25, 0.3) is 0 Å². The second kappa shape index (κ2) is 4.28. The molecule has 1 amide bonds. The zero-order chi connectivity index (χ0) is 8.15. The first-order valence-electron chi connectivity index (χ1n) is 3.61. The molecule has 0 rings (SSSR count). The fourth-order valence-electron chi connectivity index (χ4n) is 0.852. The number of rotatable bonds is 3. The van der Waals surface area contributed by atoms with Crippen molar-refractivity contribution in [2.45, 2.75) is 33.4 Å². The minimum absolute atomic E-state index is 0.00231. The fraction of sp³-hybridized carbons (Fsp3) is 0.857. The molecule has 0 aromatic rings. The third-order valence-electron chi connectivity index (χ3n) is 1.41. The Balaban J connectivity index is 3.93. The molecule has 0 bridgehead atoms. The highest BCUT2D eigenvalue weighted by atomic mass is 16.3. The Morgan fingerprint density at radius 2 is 2.10 bits per heavy atom. The van der Waals surface area contributed by atoms with Crippen LogP contribution in [0.1, 0.15) is 27.2 Å². The molecule has 3 nitrogen and oxygen atoms in total. The zero-order valence-electron chi connectivity index (χ0n) is 6.79. The number of hydrogen-bond acceptors (Lipinski definition) is 2. The van der Waals surface area contributed by atoms with Crippen LogP contribution in [0.4, 0.5) is 0 Å². The van der Waals surface area contributed by atoms with Crippen LogP contribution < -0.4 is 0 Å². The number of carbonyl (C=O) groups is 1. The highest BCUT2D eigenvalue weighted by Gasteiger charge is 2.12. The Morgan fingerprint density at radius 3 is 2.20 bits per heavy atom. The van der Waals surface area contributed by atoms with E-state index in [9.17, 15) is 4.79 Å². The molecule has 60 valence electrons. The lowest BCUT2D eigenvalue weighted by molar-refractivity contribution is -0.139. The van der Waals surface area contributed by atoms with E-state index in [1.807, 2.05) is 6.92 Å². The van der Waals surface area contributed by atoms with Crippen LogP contribution in [0.15, 0.2) is 0 Å². The monoisotopic (exact) mass is 145 g/mol. The Labute approximate surface area is 61.6 Å². The first-order chi connectivity index (χ1) is 4.63. The second-order valence-electron chi connectivity index (χ2n) is 2.17. The molecule has 0 aliphatic carbocycles. The number of aliphatic hydroxyl groups excluding tert-OH is 1. The normalized spacial score (nSPS) is 12.8. The Morgan fingerprint density at radius 1 is 1.60 bits per heavy atom. The van der Waals surface area contributed by atoms with Gasteiger partial charge in [-0.1, -0.05) is 6.92 Å². The average molecular weight is 145 g/mol. The smallest absolute Gasteiger partial charge is 0.224 e. The number of nitrogens with zero attached hydrogens (tertiary/aromatic N) is 1. The molecule has 0 spiro atoms. The molecule has 0 aliphatic rings. The quantitative estimate of drug-likeness (QED) is 0.590. The first kappa shape index (κ1) is 9.43. The van der Waals surface area contributed by atoms with Crippen LogP contribution in [-0.4, -0.2) is 28.7 Å². The topological polar surface area (TPSA) is 40.5 Å². The summed E-state index contributed by atoms with van der Waals surface area (Å²) in [5.74, 6) is -0.00231. The van der Waals surface area contributed by atoms with Crippen molar-refractivity contribution in [1.29, 1.82) is 0 Å². The van der Waals surface area contributed by atoms with Crippen LogP contribution in [-0.2, 0) is 4.79 Å². The van der Waals surface area contributed by atoms with Crippen molar-refractivity contribution in [2.24, 2.45) is 0 Å². The van der Waals surface area contributed by atoms with Gasteiger partial charge in [-0.05, 0) is 13.8 Å². The molecule has 10 heavy (non-hydrogen) atoms. The predicted molar refractivity (Wildman–Crippen MR) is 39.4 cm³/mol. The Hall–Kier alpha value is -0.570. The van der Waals surface area contributed by atoms with Gasteiger partial charge < -0.3 is 10.0 Å². The van der Waals surface area contributed by atoms with E-state index in [1.165, 1.54) is 4.90 Å². The van der Waals surface area contributed by atoms with Gasteiger partial charge in [-0.3, -0.25) is 4.79 Å². The Kier molecular flexibility index (Phi) is 4.03.